The number of ether oxygens (including phenoxy) is 1. The molecule has 1 aromatic rings. The highest BCUT2D eigenvalue weighted by atomic mass is 16.5. The van der Waals surface area contributed by atoms with Crippen LogP contribution in [0.5, 0.6) is 5.75 Å². The Morgan fingerprint density at radius 3 is 2.94 bits per heavy atom. The number of hydrogen-bond donors (Lipinski definition) is 1. The van der Waals surface area contributed by atoms with Gasteiger partial charge in [0.1, 0.15) is 17.7 Å². The lowest BCUT2D eigenvalue weighted by molar-refractivity contribution is 0.102. The lowest BCUT2D eigenvalue weighted by Crippen LogP contribution is -2.28. The van der Waals surface area contributed by atoms with Crippen LogP contribution < -0.4 is 10.1 Å². The van der Waals surface area contributed by atoms with E-state index < -0.39 is 0 Å². The van der Waals surface area contributed by atoms with E-state index in [4.69, 9.17) is 4.74 Å². The predicted molar refractivity (Wildman–Crippen MR) is 65.8 cm³/mol. The summed E-state index contributed by atoms with van der Waals surface area (Å²) >= 11 is 0. The Kier molecular flexibility index (Phi) is 3.65. The third-order valence-corrected chi connectivity index (χ3v) is 3.31. The van der Waals surface area contributed by atoms with Gasteiger partial charge in [-0.2, -0.15) is 0 Å². The Hall–Kier alpha value is -1.25. The summed E-state index contributed by atoms with van der Waals surface area (Å²) in [6, 6.07) is 3.89. The molecule has 0 amide bonds. The molecule has 3 heteroatoms. The van der Waals surface area contributed by atoms with Crippen molar-refractivity contribution in [1.82, 2.24) is 4.98 Å². The first-order chi connectivity index (χ1) is 7.79. The monoisotopic (exact) mass is 220 g/mol. The molecule has 1 aliphatic rings. The summed E-state index contributed by atoms with van der Waals surface area (Å²) in [6.07, 6.45) is 7.26. The summed E-state index contributed by atoms with van der Waals surface area (Å²) in [6.45, 7) is 2.28. The summed E-state index contributed by atoms with van der Waals surface area (Å²) in [7, 11) is 1.87. The molecular formula is C13H20N2O. The fourth-order valence-corrected chi connectivity index (χ4v) is 2.25. The second kappa shape index (κ2) is 5.19. The number of rotatable bonds is 3. The third kappa shape index (κ3) is 2.65. The summed E-state index contributed by atoms with van der Waals surface area (Å²) in [5.74, 6) is 2.46. The molecule has 1 fully saturated rings. The molecule has 1 saturated carbocycles. The zero-order chi connectivity index (χ0) is 11.4. The van der Waals surface area contributed by atoms with Gasteiger partial charge in [-0.05, 0) is 31.2 Å². The highest BCUT2D eigenvalue weighted by Crippen LogP contribution is 2.28. The molecule has 2 atom stereocenters. The van der Waals surface area contributed by atoms with Crippen LogP contribution in [-0.4, -0.2) is 18.1 Å². The topological polar surface area (TPSA) is 34.1 Å². The average molecular weight is 220 g/mol. The molecule has 0 saturated heterocycles. The maximum absolute atomic E-state index is 6.03. The van der Waals surface area contributed by atoms with Crippen LogP contribution in [-0.2, 0) is 0 Å². The number of pyridine rings is 1. The fourth-order valence-electron chi connectivity index (χ4n) is 2.25. The van der Waals surface area contributed by atoms with Crippen molar-refractivity contribution in [3.63, 3.8) is 0 Å². The van der Waals surface area contributed by atoms with Gasteiger partial charge in [-0.25, -0.2) is 4.98 Å². The third-order valence-electron chi connectivity index (χ3n) is 3.31. The van der Waals surface area contributed by atoms with Gasteiger partial charge in [0, 0.05) is 19.3 Å². The van der Waals surface area contributed by atoms with E-state index in [2.05, 4.69) is 17.2 Å². The van der Waals surface area contributed by atoms with E-state index in [0.29, 0.717) is 12.0 Å². The molecule has 0 aromatic carbocycles. The highest BCUT2D eigenvalue weighted by molar-refractivity contribution is 5.39. The van der Waals surface area contributed by atoms with Crippen molar-refractivity contribution in [3.05, 3.63) is 18.3 Å². The predicted octanol–water partition coefficient (Wildman–Crippen LogP) is 3.08. The molecule has 3 nitrogen and oxygen atoms in total. The summed E-state index contributed by atoms with van der Waals surface area (Å²) in [5, 5.41) is 3.02. The first kappa shape index (κ1) is 11.2. The quantitative estimate of drug-likeness (QED) is 0.850. The van der Waals surface area contributed by atoms with Crippen LogP contribution >= 0.6 is 0 Å². The molecule has 1 heterocycles. The Bertz CT molecular complexity index is 340. The molecule has 1 aromatic heterocycles. The van der Waals surface area contributed by atoms with E-state index >= 15 is 0 Å². The molecule has 2 rings (SSSR count). The van der Waals surface area contributed by atoms with Crippen molar-refractivity contribution in [2.24, 2.45) is 5.92 Å². The van der Waals surface area contributed by atoms with Gasteiger partial charge < -0.3 is 10.1 Å². The van der Waals surface area contributed by atoms with Gasteiger partial charge in [-0.15, -0.1) is 0 Å². The van der Waals surface area contributed by atoms with Crippen molar-refractivity contribution < 1.29 is 4.74 Å². The zero-order valence-corrected chi connectivity index (χ0v) is 10.1. The van der Waals surface area contributed by atoms with Crippen LogP contribution in [0.3, 0.4) is 0 Å². The number of nitrogens with zero attached hydrogens (tertiary/aromatic N) is 1. The van der Waals surface area contributed by atoms with E-state index in [1.165, 1.54) is 25.7 Å². The number of anilines is 1. The van der Waals surface area contributed by atoms with Gasteiger partial charge in [0.2, 0.25) is 0 Å². The second-order valence-electron chi connectivity index (χ2n) is 4.54. The van der Waals surface area contributed by atoms with Crippen LogP contribution in [0, 0.1) is 5.92 Å². The van der Waals surface area contributed by atoms with Crippen LogP contribution in [0.25, 0.3) is 0 Å². The molecule has 0 bridgehead atoms. The standard InChI is InChI=1S/C13H20N2O/c1-10-5-3-4-6-12(10)16-11-7-8-15-13(9-11)14-2/h7-10,12H,3-6H2,1-2H3,(H,14,15). The second-order valence-corrected chi connectivity index (χ2v) is 4.54. The number of hydrogen-bond acceptors (Lipinski definition) is 3. The molecule has 0 radical (unpaired) electrons. The number of aromatic nitrogens is 1. The lowest BCUT2D eigenvalue weighted by Gasteiger charge is -2.29. The molecule has 0 aliphatic heterocycles. The van der Waals surface area contributed by atoms with Crippen LogP contribution in [0.1, 0.15) is 32.6 Å². The smallest absolute Gasteiger partial charge is 0.129 e. The fraction of sp³-hybridized carbons (Fsp3) is 0.615. The van der Waals surface area contributed by atoms with Gasteiger partial charge in [0.15, 0.2) is 0 Å². The van der Waals surface area contributed by atoms with Crippen LogP contribution in [0.15, 0.2) is 18.3 Å². The average Bonchev–Trinajstić information content (AvgIpc) is 2.32. The number of nitrogens with one attached hydrogen (secondary N) is 1. The minimum Gasteiger partial charge on any atom is -0.490 e. The largest absolute Gasteiger partial charge is 0.490 e. The summed E-state index contributed by atoms with van der Waals surface area (Å²) in [5.41, 5.74) is 0. The van der Waals surface area contributed by atoms with Crippen molar-refractivity contribution in [3.8, 4) is 5.75 Å². The Labute approximate surface area is 97.2 Å². The van der Waals surface area contributed by atoms with Gasteiger partial charge >= 0.3 is 0 Å². The van der Waals surface area contributed by atoms with Gasteiger partial charge in [-0.1, -0.05) is 13.3 Å². The van der Waals surface area contributed by atoms with Crippen molar-refractivity contribution >= 4 is 5.82 Å². The first-order valence-corrected chi connectivity index (χ1v) is 6.10. The molecule has 1 aliphatic carbocycles. The zero-order valence-electron chi connectivity index (χ0n) is 10.1. The maximum atomic E-state index is 6.03. The first-order valence-electron chi connectivity index (χ1n) is 6.10. The lowest BCUT2D eigenvalue weighted by atomic mass is 9.88. The Balaban J connectivity index is 2.01. The molecule has 2 unspecified atom stereocenters. The Morgan fingerprint density at radius 2 is 2.19 bits per heavy atom. The summed E-state index contributed by atoms with van der Waals surface area (Å²) < 4.78 is 6.03. The van der Waals surface area contributed by atoms with E-state index in [9.17, 15) is 0 Å². The molecule has 0 spiro atoms. The molecule has 88 valence electrons. The van der Waals surface area contributed by atoms with E-state index in [1.54, 1.807) is 6.20 Å². The molecular weight excluding hydrogens is 200 g/mol. The van der Waals surface area contributed by atoms with Crippen molar-refractivity contribution in [2.75, 3.05) is 12.4 Å². The Morgan fingerprint density at radius 1 is 1.38 bits per heavy atom. The van der Waals surface area contributed by atoms with Crippen molar-refractivity contribution in [1.29, 1.82) is 0 Å². The van der Waals surface area contributed by atoms with Crippen LogP contribution in [0.2, 0.25) is 0 Å². The van der Waals surface area contributed by atoms with Gasteiger partial charge in [-0.3, -0.25) is 0 Å². The minimum atomic E-state index is 0.376. The van der Waals surface area contributed by atoms with Gasteiger partial charge in [0.05, 0.1) is 0 Å². The highest BCUT2D eigenvalue weighted by Gasteiger charge is 2.22. The normalized spacial score (nSPS) is 25.1. The molecule has 16 heavy (non-hydrogen) atoms. The van der Waals surface area contributed by atoms with E-state index in [1.807, 2.05) is 19.2 Å². The SMILES string of the molecule is CNc1cc(OC2CCCCC2C)ccn1. The van der Waals surface area contributed by atoms with E-state index in [-0.39, 0.29) is 0 Å². The van der Waals surface area contributed by atoms with E-state index in [0.717, 1.165) is 11.6 Å². The maximum Gasteiger partial charge on any atom is 0.129 e. The van der Waals surface area contributed by atoms with Crippen LogP contribution in [0.4, 0.5) is 5.82 Å². The molecule has 1 N–H and O–H groups in total. The summed E-state index contributed by atoms with van der Waals surface area (Å²) in [4.78, 5) is 4.18. The van der Waals surface area contributed by atoms with Crippen molar-refractivity contribution in [2.45, 2.75) is 38.7 Å². The van der Waals surface area contributed by atoms with Gasteiger partial charge in [0.25, 0.3) is 0 Å². The minimum absolute atomic E-state index is 0.376.